The molecule has 3 rings (SSSR count). The molecular weight excluding hydrogens is 340 g/mol. The molecule has 1 amide bonds. The zero-order chi connectivity index (χ0) is 17.6. The quantitative estimate of drug-likeness (QED) is 0.490. The smallest absolute Gasteiger partial charge is 0.301 e. The molecule has 0 aliphatic carbocycles. The van der Waals surface area contributed by atoms with Gasteiger partial charge in [-0.25, -0.2) is 9.97 Å². The van der Waals surface area contributed by atoms with E-state index in [-0.39, 0.29) is 10.8 Å². The molecule has 25 heavy (non-hydrogen) atoms. The van der Waals surface area contributed by atoms with Crippen LogP contribution in [0.4, 0.5) is 5.82 Å². The number of nitrogens with zero attached hydrogens (tertiary/aromatic N) is 3. The van der Waals surface area contributed by atoms with Gasteiger partial charge in [0.1, 0.15) is 23.5 Å². The van der Waals surface area contributed by atoms with E-state index < -0.39 is 11.2 Å². The van der Waals surface area contributed by atoms with Gasteiger partial charge in [0.05, 0.1) is 18.1 Å². The summed E-state index contributed by atoms with van der Waals surface area (Å²) in [6.45, 7) is 1.75. The van der Waals surface area contributed by atoms with Crippen LogP contribution in [0.15, 0.2) is 29.7 Å². The molecule has 9 heteroatoms. The van der Waals surface area contributed by atoms with Crippen molar-refractivity contribution in [1.29, 1.82) is 0 Å². The Kier molecular flexibility index (Phi) is 5.90. The van der Waals surface area contributed by atoms with Crippen LogP contribution in [0.2, 0.25) is 0 Å². The molecule has 8 nitrogen and oxygen atoms in total. The van der Waals surface area contributed by atoms with E-state index in [4.69, 9.17) is 5.73 Å². The van der Waals surface area contributed by atoms with Gasteiger partial charge in [0, 0.05) is 12.7 Å². The topological polar surface area (TPSA) is 123 Å². The first-order valence-electron chi connectivity index (χ1n) is 8.34. The molecule has 0 bridgehead atoms. The maximum Gasteiger partial charge on any atom is 0.301 e. The van der Waals surface area contributed by atoms with Gasteiger partial charge in [-0.2, -0.15) is 0 Å². The number of hydrogen-bond donors (Lipinski definition) is 3. The van der Waals surface area contributed by atoms with Crippen LogP contribution in [0.25, 0.3) is 11.0 Å². The summed E-state index contributed by atoms with van der Waals surface area (Å²) in [7, 11) is 0. The number of hydrogen-bond acceptors (Lipinski definition) is 6. The minimum Gasteiger partial charge on any atom is -0.611 e. The molecule has 134 valence electrons. The lowest BCUT2D eigenvalue weighted by Crippen LogP contribution is -2.38. The zero-order valence-corrected chi connectivity index (χ0v) is 14.7. The third-order valence-electron chi connectivity index (χ3n) is 4.03. The summed E-state index contributed by atoms with van der Waals surface area (Å²) < 4.78 is 12.3. The minimum atomic E-state index is -1.30. The normalized spacial score (nSPS) is 17.6. The number of aromatic nitrogens is 3. The second kappa shape index (κ2) is 8.32. The highest BCUT2D eigenvalue weighted by atomic mass is 32.2. The fourth-order valence-corrected chi connectivity index (χ4v) is 3.81. The van der Waals surface area contributed by atoms with Crippen LogP contribution in [0.3, 0.4) is 0 Å². The molecule has 0 fully saturated rings. The summed E-state index contributed by atoms with van der Waals surface area (Å²) in [6, 6.07) is 1.89. The number of unbranched alkanes of at least 4 members (excludes halogenated alkanes) is 2. The fourth-order valence-electron chi connectivity index (χ4n) is 2.71. The van der Waals surface area contributed by atoms with E-state index in [0.29, 0.717) is 31.2 Å². The van der Waals surface area contributed by atoms with Gasteiger partial charge < -0.3 is 25.5 Å². The van der Waals surface area contributed by atoms with E-state index in [9.17, 15) is 9.35 Å². The predicted molar refractivity (Wildman–Crippen MR) is 98.2 cm³/mol. The minimum absolute atomic E-state index is 0.282. The second-order valence-electron chi connectivity index (χ2n) is 5.78. The van der Waals surface area contributed by atoms with E-state index in [2.05, 4.69) is 20.3 Å². The van der Waals surface area contributed by atoms with Crippen molar-refractivity contribution in [2.75, 3.05) is 30.3 Å². The highest BCUT2D eigenvalue weighted by Gasteiger charge is 2.30. The number of nitrogens with one attached hydrogen (secondary N) is 2. The van der Waals surface area contributed by atoms with Gasteiger partial charge in [0.15, 0.2) is 0 Å². The first-order chi connectivity index (χ1) is 12.2. The average Bonchev–Trinajstić information content (AvgIpc) is 3.10. The third kappa shape index (κ3) is 4.12. The largest absolute Gasteiger partial charge is 0.611 e. The van der Waals surface area contributed by atoms with Crippen LogP contribution in [0.1, 0.15) is 19.3 Å². The van der Waals surface area contributed by atoms with Gasteiger partial charge >= 0.3 is 5.91 Å². The van der Waals surface area contributed by atoms with E-state index >= 15 is 0 Å². The average molecular weight is 362 g/mol. The number of anilines is 1. The van der Waals surface area contributed by atoms with E-state index in [1.165, 1.54) is 6.33 Å². The van der Waals surface area contributed by atoms with Crippen molar-refractivity contribution in [3.05, 3.63) is 29.7 Å². The molecular formula is C16H22N6O2S. The monoisotopic (exact) mass is 362 g/mol. The Morgan fingerprint density at radius 1 is 1.40 bits per heavy atom. The maximum atomic E-state index is 12.4. The van der Waals surface area contributed by atoms with E-state index in [1.807, 2.05) is 11.0 Å². The molecule has 1 atom stereocenters. The van der Waals surface area contributed by atoms with Crippen molar-refractivity contribution >= 4 is 33.9 Å². The number of fused-ring (bicyclic) bond motifs is 1. The fraction of sp³-hybridized carbons (Fsp3) is 0.438. The van der Waals surface area contributed by atoms with Gasteiger partial charge in [0.25, 0.3) is 0 Å². The van der Waals surface area contributed by atoms with Gasteiger partial charge in [-0.3, -0.25) is 4.79 Å². The lowest BCUT2D eigenvalue weighted by molar-refractivity contribution is -0.116. The lowest BCUT2D eigenvalue weighted by atomic mass is 10.2. The van der Waals surface area contributed by atoms with Crippen molar-refractivity contribution in [1.82, 2.24) is 20.3 Å². The van der Waals surface area contributed by atoms with Crippen molar-refractivity contribution < 1.29 is 9.35 Å². The van der Waals surface area contributed by atoms with Crippen molar-refractivity contribution in [2.45, 2.75) is 19.3 Å². The Morgan fingerprint density at radius 2 is 2.28 bits per heavy atom. The molecule has 0 spiro atoms. The van der Waals surface area contributed by atoms with Crippen LogP contribution >= 0.6 is 0 Å². The van der Waals surface area contributed by atoms with Gasteiger partial charge in [-0.15, -0.1) is 0 Å². The molecule has 0 aromatic carbocycles. The number of carbonyl (C=O) groups is 1. The number of aromatic amines is 1. The van der Waals surface area contributed by atoms with Gasteiger partial charge in [0.2, 0.25) is 4.91 Å². The van der Waals surface area contributed by atoms with Crippen molar-refractivity contribution in [2.24, 2.45) is 5.73 Å². The van der Waals surface area contributed by atoms with Crippen molar-refractivity contribution in [3.63, 3.8) is 0 Å². The number of rotatable bonds is 7. The predicted octanol–water partition coefficient (Wildman–Crippen LogP) is 0.613. The first kappa shape index (κ1) is 17.7. The third-order valence-corrected chi connectivity index (χ3v) is 5.37. The highest BCUT2D eigenvalue weighted by Crippen LogP contribution is 2.26. The molecule has 1 unspecified atom stereocenters. The molecule has 2 aromatic rings. The van der Waals surface area contributed by atoms with Gasteiger partial charge in [-0.1, -0.05) is 6.42 Å². The molecule has 0 saturated heterocycles. The zero-order valence-electron chi connectivity index (χ0n) is 13.9. The Labute approximate surface area is 149 Å². The molecule has 0 radical (unpaired) electrons. The number of nitrogens with two attached hydrogens (primary N) is 1. The summed E-state index contributed by atoms with van der Waals surface area (Å²) in [6.07, 6.45) is 7.69. The molecule has 2 aromatic heterocycles. The SMILES string of the molecule is NCCCCCNC(=O)C1=CN(c2ncnc3[nH]ccc23)CC[S+]1[O-]. The molecule has 1 aliphatic heterocycles. The molecule has 1 aliphatic rings. The summed E-state index contributed by atoms with van der Waals surface area (Å²) in [5.74, 6) is 0.814. The Balaban J connectivity index is 1.72. The van der Waals surface area contributed by atoms with Gasteiger partial charge in [-0.05, 0) is 36.6 Å². The number of carbonyl (C=O) groups excluding carboxylic acids is 1. The van der Waals surface area contributed by atoms with Crippen LogP contribution in [-0.4, -0.2) is 50.8 Å². The Hall–Kier alpha value is -2.10. The summed E-state index contributed by atoms with van der Waals surface area (Å²) in [4.78, 5) is 26.1. The molecule has 0 saturated carbocycles. The lowest BCUT2D eigenvalue weighted by Gasteiger charge is -2.26. The molecule has 3 heterocycles. The van der Waals surface area contributed by atoms with Crippen LogP contribution in [0, 0.1) is 0 Å². The number of amides is 1. The van der Waals surface area contributed by atoms with Crippen LogP contribution in [-0.2, 0) is 16.0 Å². The first-order valence-corrected chi connectivity index (χ1v) is 9.66. The van der Waals surface area contributed by atoms with Crippen LogP contribution in [0.5, 0.6) is 0 Å². The molecule has 4 N–H and O–H groups in total. The Bertz CT molecular complexity index is 762. The summed E-state index contributed by atoms with van der Waals surface area (Å²) >= 11 is -1.30. The maximum absolute atomic E-state index is 12.4. The second-order valence-corrected chi connectivity index (χ2v) is 7.32. The summed E-state index contributed by atoms with van der Waals surface area (Å²) in [5.41, 5.74) is 6.19. The van der Waals surface area contributed by atoms with Crippen LogP contribution < -0.4 is 16.0 Å². The van der Waals surface area contributed by atoms with E-state index in [0.717, 1.165) is 30.3 Å². The summed E-state index contributed by atoms with van der Waals surface area (Å²) in [5, 5.41) is 3.71. The number of H-pyrrole nitrogens is 1. The Morgan fingerprint density at radius 3 is 3.12 bits per heavy atom. The van der Waals surface area contributed by atoms with Crippen molar-refractivity contribution in [3.8, 4) is 0 Å². The highest BCUT2D eigenvalue weighted by molar-refractivity contribution is 7.96. The standard InChI is InChI=1S/C16H22N6O2S/c17-5-2-1-3-6-19-16(23)13-10-22(8-9-25(13)24)15-12-4-7-18-14(12)20-11-21-15/h4,7,10-11H,1-3,5-6,8-9,17H2,(H,19,23)(H,18,20,21). The van der Waals surface area contributed by atoms with E-state index in [1.54, 1.807) is 12.4 Å².